The molecule has 0 fully saturated rings. The molecule has 5 aromatic carbocycles. The van der Waals surface area contributed by atoms with Crippen molar-refractivity contribution >= 4 is 65.4 Å². The van der Waals surface area contributed by atoms with Gasteiger partial charge in [0.25, 0.3) is 0 Å². The number of hydrogen-bond acceptors (Lipinski definition) is 0. The third-order valence-electron chi connectivity index (χ3n) is 8.50. The summed E-state index contributed by atoms with van der Waals surface area (Å²) in [6, 6.07) is 36.0. The number of fused-ring (bicyclic) bond motifs is 10. The molecule has 3 heterocycles. The summed E-state index contributed by atoms with van der Waals surface area (Å²) in [6.45, 7) is 0. The maximum absolute atomic E-state index is 2.42. The lowest BCUT2D eigenvalue weighted by atomic mass is 9.99. The highest BCUT2D eigenvalue weighted by molar-refractivity contribution is 6.28. The van der Waals surface area contributed by atoms with Crippen LogP contribution in [0.4, 0.5) is 0 Å². The van der Waals surface area contributed by atoms with Gasteiger partial charge in [-0.1, -0.05) is 48.5 Å². The van der Waals surface area contributed by atoms with E-state index in [0.29, 0.717) is 0 Å². The van der Waals surface area contributed by atoms with Crippen molar-refractivity contribution < 1.29 is 0 Å². The molecule has 0 N–H and O–H groups in total. The fraction of sp³-hybridized carbons (Fsp3) is 0.118. The van der Waals surface area contributed by atoms with E-state index in [1.807, 2.05) is 0 Å². The molecule has 178 valence electrons. The molecule has 0 aliphatic carbocycles. The molecular weight excluding hydrogens is 450 g/mol. The highest BCUT2D eigenvalue weighted by Crippen LogP contribution is 2.39. The minimum absolute atomic E-state index is 0.914. The Morgan fingerprint density at radius 1 is 0.405 bits per heavy atom. The molecule has 0 aliphatic rings. The molecule has 8 rings (SSSR count). The summed E-state index contributed by atoms with van der Waals surface area (Å²) in [5.74, 6) is 0. The van der Waals surface area contributed by atoms with E-state index in [1.165, 1.54) is 76.5 Å². The lowest BCUT2D eigenvalue weighted by Gasteiger charge is -2.05. The standard InChI is InChI=1S/C34H27N3/c1-35-27-10-6-4-8-23(27)25-19-21(12-14-29(25)35)18-22-13-15-30-26(20-22)34-32(37(30)3)17-16-31-33(34)24-9-5-7-11-28(24)36(31)2/h4-17,19-20H,18H2,1-3H3. The van der Waals surface area contributed by atoms with E-state index in [1.54, 1.807) is 0 Å². The van der Waals surface area contributed by atoms with Crippen molar-refractivity contribution in [3.05, 3.63) is 108 Å². The van der Waals surface area contributed by atoms with Crippen molar-refractivity contribution in [2.75, 3.05) is 0 Å². The van der Waals surface area contributed by atoms with Gasteiger partial charge in [-0.25, -0.2) is 0 Å². The molecule has 0 saturated heterocycles. The number of nitrogens with zero attached hydrogens (tertiary/aromatic N) is 3. The smallest absolute Gasteiger partial charge is 0.0496 e. The monoisotopic (exact) mass is 477 g/mol. The summed E-state index contributed by atoms with van der Waals surface area (Å²) in [7, 11) is 6.53. The van der Waals surface area contributed by atoms with E-state index in [0.717, 1.165) is 6.42 Å². The number of benzene rings is 5. The minimum Gasteiger partial charge on any atom is -0.344 e. The number of hydrogen-bond donors (Lipinski definition) is 0. The van der Waals surface area contributed by atoms with Gasteiger partial charge >= 0.3 is 0 Å². The molecule has 3 aromatic heterocycles. The highest BCUT2D eigenvalue weighted by atomic mass is 15.0. The molecule has 37 heavy (non-hydrogen) atoms. The lowest BCUT2D eigenvalue weighted by molar-refractivity contribution is 1.01. The summed E-state index contributed by atoms with van der Waals surface area (Å²) < 4.78 is 6.97. The van der Waals surface area contributed by atoms with E-state index in [4.69, 9.17) is 0 Å². The van der Waals surface area contributed by atoms with Crippen LogP contribution in [0.1, 0.15) is 11.1 Å². The maximum atomic E-state index is 2.42. The summed E-state index contributed by atoms with van der Waals surface area (Å²) in [6.07, 6.45) is 0.914. The predicted molar refractivity (Wildman–Crippen MR) is 158 cm³/mol. The van der Waals surface area contributed by atoms with Gasteiger partial charge in [-0.05, 0) is 66.1 Å². The van der Waals surface area contributed by atoms with Gasteiger partial charge in [0.15, 0.2) is 0 Å². The lowest BCUT2D eigenvalue weighted by Crippen LogP contribution is -1.90. The second-order valence-electron chi connectivity index (χ2n) is 10.4. The van der Waals surface area contributed by atoms with Crippen LogP contribution in [-0.2, 0) is 27.6 Å². The first kappa shape index (κ1) is 20.7. The zero-order valence-electron chi connectivity index (χ0n) is 21.3. The summed E-state index contributed by atoms with van der Waals surface area (Å²) in [4.78, 5) is 0. The zero-order valence-corrected chi connectivity index (χ0v) is 21.3. The predicted octanol–water partition coefficient (Wildman–Crippen LogP) is 8.21. The van der Waals surface area contributed by atoms with Gasteiger partial charge in [0, 0.05) is 86.6 Å². The van der Waals surface area contributed by atoms with Crippen LogP contribution in [0.3, 0.4) is 0 Å². The molecule has 0 bridgehead atoms. The average molecular weight is 478 g/mol. The first-order valence-electron chi connectivity index (χ1n) is 12.9. The van der Waals surface area contributed by atoms with E-state index in [-0.39, 0.29) is 0 Å². The topological polar surface area (TPSA) is 14.8 Å². The fourth-order valence-corrected chi connectivity index (χ4v) is 6.67. The number of para-hydroxylation sites is 2. The number of rotatable bonds is 2. The Labute approximate surface area is 214 Å². The molecule has 8 aromatic rings. The Kier molecular flexibility index (Phi) is 4.06. The van der Waals surface area contributed by atoms with E-state index in [9.17, 15) is 0 Å². The summed E-state index contributed by atoms with van der Waals surface area (Å²) in [5.41, 5.74) is 10.4. The molecule has 3 heteroatoms. The van der Waals surface area contributed by atoms with E-state index in [2.05, 4.69) is 132 Å². The Morgan fingerprint density at radius 3 is 1.51 bits per heavy atom. The first-order valence-corrected chi connectivity index (χ1v) is 12.9. The van der Waals surface area contributed by atoms with Gasteiger partial charge < -0.3 is 13.7 Å². The molecule has 3 nitrogen and oxygen atoms in total. The fourth-order valence-electron chi connectivity index (χ4n) is 6.67. The van der Waals surface area contributed by atoms with Crippen molar-refractivity contribution in [3.8, 4) is 0 Å². The Bertz CT molecular complexity index is 2200. The van der Waals surface area contributed by atoms with E-state index >= 15 is 0 Å². The van der Waals surface area contributed by atoms with Crippen molar-refractivity contribution in [2.45, 2.75) is 6.42 Å². The van der Waals surface area contributed by atoms with Crippen LogP contribution in [0.5, 0.6) is 0 Å². The van der Waals surface area contributed by atoms with Crippen LogP contribution in [-0.4, -0.2) is 13.7 Å². The second kappa shape index (κ2) is 7.27. The number of aromatic nitrogens is 3. The van der Waals surface area contributed by atoms with E-state index < -0.39 is 0 Å². The van der Waals surface area contributed by atoms with Gasteiger partial charge in [0.2, 0.25) is 0 Å². The van der Waals surface area contributed by atoms with Crippen molar-refractivity contribution in [3.63, 3.8) is 0 Å². The normalized spacial score (nSPS) is 12.3. The van der Waals surface area contributed by atoms with Crippen LogP contribution in [0.25, 0.3) is 65.4 Å². The number of aryl methyl sites for hydroxylation is 3. The van der Waals surface area contributed by atoms with Crippen LogP contribution >= 0.6 is 0 Å². The Hall–Kier alpha value is -4.50. The SMILES string of the molecule is Cn1c2ccccc2c2cc(Cc3ccc4c(c3)c3c5c6ccccc6n(C)c5ccc3n4C)ccc21. The molecule has 0 spiro atoms. The van der Waals surface area contributed by atoms with Crippen LogP contribution < -0.4 is 0 Å². The quantitative estimate of drug-likeness (QED) is 0.238. The zero-order chi connectivity index (χ0) is 24.8. The average Bonchev–Trinajstić information content (AvgIpc) is 3.50. The third kappa shape index (κ3) is 2.71. The van der Waals surface area contributed by atoms with Crippen molar-refractivity contribution in [1.82, 2.24) is 13.7 Å². The van der Waals surface area contributed by atoms with Crippen LogP contribution in [0, 0.1) is 0 Å². The molecular formula is C34H27N3. The largest absolute Gasteiger partial charge is 0.344 e. The Morgan fingerprint density at radius 2 is 0.838 bits per heavy atom. The molecule has 0 atom stereocenters. The molecule has 0 saturated carbocycles. The van der Waals surface area contributed by atoms with Crippen LogP contribution in [0.2, 0.25) is 0 Å². The molecule has 0 radical (unpaired) electrons. The minimum atomic E-state index is 0.914. The maximum Gasteiger partial charge on any atom is 0.0496 e. The highest BCUT2D eigenvalue weighted by Gasteiger charge is 2.17. The summed E-state index contributed by atoms with van der Waals surface area (Å²) >= 11 is 0. The van der Waals surface area contributed by atoms with Gasteiger partial charge in [-0.3, -0.25) is 0 Å². The van der Waals surface area contributed by atoms with Crippen molar-refractivity contribution in [1.29, 1.82) is 0 Å². The van der Waals surface area contributed by atoms with Crippen LogP contribution in [0.15, 0.2) is 97.1 Å². The van der Waals surface area contributed by atoms with Gasteiger partial charge in [-0.2, -0.15) is 0 Å². The van der Waals surface area contributed by atoms with Crippen molar-refractivity contribution in [2.24, 2.45) is 21.1 Å². The molecule has 0 amide bonds. The third-order valence-corrected chi connectivity index (χ3v) is 8.50. The first-order chi connectivity index (χ1) is 18.1. The van der Waals surface area contributed by atoms with Gasteiger partial charge in [0.1, 0.15) is 0 Å². The van der Waals surface area contributed by atoms with Gasteiger partial charge in [-0.15, -0.1) is 0 Å². The van der Waals surface area contributed by atoms with Gasteiger partial charge in [0.05, 0.1) is 0 Å². The molecule has 0 unspecified atom stereocenters. The summed E-state index contributed by atoms with van der Waals surface area (Å²) in [5, 5.41) is 8.03. The Balaban J connectivity index is 1.35. The second-order valence-corrected chi connectivity index (χ2v) is 10.4. The molecule has 0 aliphatic heterocycles.